The second kappa shape index (κ2) is 7.18. The summed E-state index contributed by atoms with van der Waals surface area (Å²) >= 11 is 5.96. The topological polar surface area (TPSA) is 120 Å². The summed E-state index contributed by atoms with van der Waals surface area (Å²) in [4.78, 5) is 44.2. The molecule has 8 nitrogen and oxygen atoms in total. The summed E-state index contributed by atoms with van der Waals surface area (Å²) in [6.45, 7) is 0. The van der Waals surface area contributed by atoms with E-state index in [1.165, 1.54) is 0 Å². The molecule has 0 aliphatic rings. The highest BCUT2D eigenvalue weighted by molar-refractivity contribution is 6.33. The predicted octanol–water partition coefficient (Wildman–Crippen LogP) is 2.26. The van der Waals surface area contributed by atoms with Crippen molar-refractivity contribution in [2.24, 2.45) is 0 Å². The highest BCUT2D eigenvalue weighted by atomic mass is 35.5. The molecule has 0 fully saturated rings. The standard InChI is InChI=1S/C16H14ClN5O3/c17-9-3-1-2-4-10(9)18-13(23)7-8-14(24)20-12-6-5-11-15(21-12)22-16(25)19-11/h1-6H,7-8H2,(H,18,23)(H3,19,20,21,22,24,25). The number of fused-ring (bicyclic) bond motifs is 1. The molecule has 2 heterocycles. The van der Waals surface area contributed by atoms with E-state index >= 15 is 0 Å². The maximum atomic E-state index is 11.9. The number of anilines is 2. The summed E-state index contributed by atoms with van der Waals surface area (Å²) in [6.07, 6.45) is -0.0139. The molecule has 25 heavy (non-hydrogen) atoms. The van der Waals surface area contributed by atoms with Crippen LogP contribution in [0.4, 0.5) is 11.5 Å². The Kier molecular flexibility index (Phi) is 4.80. The Morgan fingerprint density at radius 1 is 1.00 bits per heavy atom. The molecule has 128 valence electrons. The predicted molar refractivity (Wildman–Crippen MR) is 94.7 cm³/mol. The number of aromatic amines is 2. The van der Waals surface area contributed by atoms with E-state index in [4.69, 9.17) is 11.6 Å². The number of para-hydroxylation sites is 1. The van der Waals surface area contributed by atoms with Crippen LogP contribution in [0.1, 0.15) is 12.8 Å². The van der Waals surface area contributed by atoms with Crippen LogP contribution in [0.15, 0.2) is 41.2 Å². The fraction of sp³-hybridized carbons (Fsp3) is 0.125. The number of aromatic nitrogens is 3. The first-order valence-electron chi connectivity index (χ1n) is 7.44. The lowest BCUT2D eigenvalue weighted by atomic mass is 10.2. The normalized spacial score (nSPS) is 10.6. The largest absolute Gasteiger partial charge is 0.325 e. The van der Waals surface area contributed by atoms with Gasteiger partial charge < -0.3 is 15.6 Å². The number of hydrogen-bond donors (Lipinski definition) is 4. The first kappa shape index (κ1) is 16.7. The van der Waals surface area contributed by atoms with Crippen LogP contribution in [0.5, 0.6) is 0 Å². The molecule has 0 saturated carbocycles. The van der Waals surface area contributed by atoms with Crippen molar-refractivity contribution in [1.82, 2.24) is 15.0 Å². The fourth-order valence-corrected chi connectivity index (χ4v) is 2.38. The van der Waals surface area contributed by atoms with Gasteiger partial charge in [0, 0.05) is 12.8 Å². The third kappa shape index (κ3) is 4.24. The Balaban J connectivity index is 1.54. The van der Waals surface area contributed by atoms with Crippen molar-refractivity contribution in [2.75, 3.05) is 10.6 Å². The van der Waals surface area contributed by atoms with Crippen molar-refractivity contribution in [3.8, 4) is 0 Å². The smallest absolute Gasteiger partial charge is 0.325 e. The van der Waals surface area contributed by atoms with E-state index in [9.17, 15) is 14.4 Å². The molecule has 2 amide bonds. The molecular formula is C16H14ClN5O3. The molecule has 0 aliphatic carbocycles. The number of pyridine rings is 1. The van der Waals surface area contributed by atoms with Crippen LogP contribution in [-0.2, 0) is 9.59 Å². The number of rotatable bonds is 5. The Morgan fingerprint density at radius 3 is 2.48 bits per heavy atom. The number of amides is 2. The average Bonchev–Trinajstić information content (AvgIpc) is 2.94. The van der Waals surface area contributed by atoms with Crippen LogP contribution in [0, 0.1) is 0 Å². The molecule has 0 spiro atoms. The van der Waals surface area contributed by atoms with Crippen molar-refractivity contribution >= 4 is 46.1 Å². The first-order chi connectivity index (χ1) is 12.0. The number of nitrogens with one attached hydrogen (secondary N) is 4. The molecule has 0 radical (unpaired) electrons. The van der Waals surface area contributed by atoms with Crippen molar-refractivity contribution in [3.63, 3.8) is 0 Å². The van der Waals surface area contributed by atoms with Gasteiger partial charge in [0.25, 0.3) is 0 Å². The van der Waals surface area contributed by atoms with Gasteiger partial charge in [-0.15, -0.1) is 0 Å². The second-order valence-corrected chi connectivity index (χ2v) is 5.66. The molecule has 4 N–H and O–H groups in total. The van der Waals surface area contributed by atoms with Gasteiger partial charge in [0.15, 0.2) is 5.65 Å². The number of carbonyl (C=O) groups excluding carboxylic acids is 2. The molecule has 3 rings (SSSR count). The summed E-state index contributed by atoms with van der Waals surface area (Å²) in [5.41, 5.74) is 1.02. The molecular weight excluding hydrogens is 346 g/mol. The average molecular weight is 360 g/mol. The summed E-state index contributed by atoms with van der Waals surface area (Å²) < 4.78 is 0. The van der Waals surface area contributed by atoms with Gasteiger partial charge in [-0.1, -0.05) is 23.7 Å². The lowest BCUT2D eigenvalue weighted by molar-refractivity contribution is -0.121. The lowest BCUT2D eigenvalue weighted by Gasteiger charge is -2.07. The third-order valence-electron chi connectivity index (χ3n) is 3.37. The van der Waals surface area contributed by atoms with Gasteiger partial charge in [0.1, 0.15) is 5.82 Å². The zero-order valence-electron chi connectivity index (χ0n) is 12.9. The van der Waals surface area contributed by atoms with E-state index in [1.54, 1.807) is 36.4 Å². The van der Waals surface area contributed by atoms with Crippen LogP contribution in [0.25, 0.3) is 11.2 Å². The molecule has 0 bridgehead atoms. The molecule has 2 aromatic heterocycles. The second-order valence-electron chi connectivity index (χ2n) is 5.25. The van der Waals surface area contributed by atoms with E-state index in [0.29, 0.717) is 27.7 Å². The Bertz CT molecular complexity index is 995. The number of halogens is 1. The number of H-pyrrole nitrogens is 2. The van der Waals surface area contributed by atoms with Gasteiger partial charge in [-0.3, -0.25) is 14.6 Å². The summed E-state index contributed by atoms with van der Waals surface area (Å²) in [5.74, 6) is -0.389. The van der Waals surface area contributed by atoms with Crippen LogP contribution in [0.3, 0.4) is 0 Å². The van der Waals surface area contributed by atoms with Gasteiger partial charge in [-0.05, 0) is 24.3 Å². The molecule has 0 atom stereocenters. The van der Waals surface area contributed by atoms with Gasteiger partial charge in [0.05, 0.1) is 16.2 Å². The van der Waals surface area contributed by atoms with Crippen molar-refractivity contribution in [3.05, 3.63) is 51.9 Å². The van der Waals surface area contributed by atoms with E-state index < -0.39 is 0 Å². The number of imidazole rings is 1. The third-order valence-corrected chi connectivity index (χ3v) is 3.70. The molecule has 3 aromatic rings. The number of benzene rings is 1. The number of nitrogens with zero attached hydrogens (tertiary/aromatic N) is 1. The first-order valence-corrected chi connectivity index (χ1v) is 7.82. The summed E-state index contributed by atoms with van der Waals surface area (Å²) in [7, 11) is 0. The van der Waals surface area contributed by atoms with Gasteiger partial charge >= 0.3 is 5.69 Å². The molecule has 1 aromatic carbocycles. The Hall–Kier alpha value is -3.13. The lowest BCUT2D eigenvalue weighted by Crippen LogP contribution is -2.18. The minimum Gasteiger partial charge on any atom is -0.325 e. The fourth-order valence-electron chi connectivity index (χ4n) is 2.19. The van der Waals surface area contributed by atoms with E-state index in [2.05, 4.69) is 25.6 Å². The molecule has 9 heteroatoms. The maximum absolute atomic E-state index is 11.9. The maximum Gasteiger partial charge on any atom is 0.325 e. The van der Waals surface area contributed by atoms with Crippen molar-refractivity contribution < 1.29 is 9.59 Å². The number of hydrogen-bond acceptors (Lipinski definition) is 4. The Labute approximate surface area is 146 Å². The quantitative estimate of drug-likeness (QED) is 0.558. The van der Waals surface area contributed by atoms with Gasteiger partial charge in [-0.25, -0.2) is 9.78 Å². The van der Waals surface area contributed by atoms with Crippen LogP contribution in [0.2, 0.25) is 5.02 Å². The van der Waals surface area contributed by atoms with Crippen LogP contribution < -0.4 is 16.3 Å². The van der Waals surface area contributed by atoms with E-state index in [-0.39, 0.29) is 30.3 Å². The highest BCUT2D eigenvalue weighted by Gasteiger charge is 2.10. The SMILES string of the molecule is O=C(CCC(=O)Nc1ccccc1Cl)Nc1ccc2[nH]c(=O)[nH]c2n1. The van der Waals surface area contributed by atoms with E-state index in [0.717, 1.165) is 0 Å². The molecule has 0 aliphatic heterocycles. The van der Waals surface area contributed by atoms with E-state index in [1.807, 2.05) is 0 Å². The minimum absolute atomic E-state index is 0.000286. The Morgan fingerprint density at radius 2 is 1.72 bits per heavy atom. The van der Waals surface area contributed by atoms with Crippen molar-refractivity contribution in [2.45, 2.75) is 12.8 Å². The molecule has 0 saturated heterocycles. The summed E-state index contributed by atoms with van der Waals surface area (Å²) in [6, 6.07) is 10.0. The monoisotopic (exact) mass is 359 g/mol. The zero-order chi connectivity index (χ0) is 17.8. The summed E-state index contributed by atoms with van der Waals surface area (Å²) in [5, 5.41) is 5.66. The number of carbonyl (C=O) groups is 2. The van der Waals surface area contributed by atoms with Crippen LogP contribution >= 0.6 is 11.6 Å². The van der Waals surface area contributed by atoms with Gasteiger partial charge in [-0.2, -0.15) is 0 Å². The zero-order valence-corrected chi connectivity index (χ0v) is 13.7. The van der Waals surface area contributed by atoms with Crippen molar-refractivity contribution in [1.29, 1.82) is 0 Å². The minimum atomic E-state index is -0.373. The van der Waals surface area contributed by atoms with Crippen LogP contribution in [-0.4, -0.2) is 26.8 Å². The molecule has 0 unspecified atom stereocenters. The van der Waals surface area contributed by atoms with Gasteiger partial charge in [0.2, 0.25) is 11.8 Å². The highest BCUT2D eigenvalue weighted by Crippen LogP contribution is 2.20.